The molecule has 1 saturated heterocycles. The van der Waals surface area contributed by atoms with E-state index in [1.54, 1.807) is 0 Å². The van der Waals surface area contributed by atoms with Gasteiger partial charge >= 0.3 is 0 Å². The minimum atomic E-state index is -3.25. The van der Waals surface area contributed by atoms with Crippen LogP contribution in [0.2, 0.25) is 0 Å². The molecule has 0 radical (unpaired) electrons. The first kappa shape index (κ1) is 12.3. The Labute approximate surface area is 96.2 Å². The molecule has 0 aromatic heterocycles. The molecule has 1 unspecified atom stereocenters. The van der Waals surface area contributed by atoms with E-state index in [0.717, 1.165) is 25.7 Å². The van der Waals surface area contributed by atoms with Crippen molar-refractivity contribution < 1.29 is 18.3 Å². The maximum Gasteiger partial charge on any atom is 0.214 e. The predicted octanol–water partition coefficient (Wildman–Crippen LogP) is -0.143. The lowest BCUT2D eigenvalue weighted by Crippen LogP contribution is -2.36. The molecule has 2 fully saturated rings. The van der Waals surface area contributed by atoms with Crippen molar-refractivity contribution in [1.82, 2.24) is 4.72 Å². The molecule has 1 heterocycles. The van der Waals surface area contributed by atoms with Crippen molar-refractivity contribution in [3.8, 4) is 0 Å². The van der Waals surface area contributed by atoms with E-state index in [0.29, 0.717) is 13.2 Å². The largest absolute Gasteiger partial charge is 0.396 e. The summed E-state index contributed by atoms with van der Waals surface area (Å²) in [7, 11) is -3.25. The fourth-order valence-electron chi connectivity index (χ4n) is 1.91. The van der Waals surface area contributed by atoms with Gasteiger partial charge in [0.25, 0.3) is 0 Å². The first-order valence-electron chi connectivity index (χ1n) is 5.75. The minimum Gasteiger partial charge on any atom is -0.396 e. The van der Waals surface area contributed by atoms with E-state index in [2.05, 4.69) is 4.72 Å². The highest BCUT2D eigenvalue weighted by molar-refractivity contribution is 7.89. The fourth-order valence-corrected chi connectivity index (χ4v) is 3.31. The van der Waals surface area contributed by atoms with Gasteiger partial charge in [0.1, 0.15) is 0 Å². The Morgan fingerprint density at radius 1 is 1.44 bits per heavy atom. The lowest BCUT2D eigenvalue weighted by atomic mass is 10.1. The van der Waals surface area contributed by atoms with E-state index in [4.69, 9.17) is 9.84 Å². The topological polar surface area (TPSA) is 75.6 Å². The molecule has 16 heavy (non-hydrogen) atoms. The van der Waals surface area contributed by atoms with Gasteiger partial charge in [-0.25, -0.2) is 13.1 Å². The van der Waals surface area contributed by atoms with Crippen LogP contribution in [0.15, 0.2) is 0 Å². The summed E-state index contributed by atoms with van der Waals surface area (Å²) in [6.07, 6.45) is 3.44. The van der Waals surface area contributed by atoms with E-state index in [-0.39, 0.29) is 23.9 Å². The Balaban J connectivity index is 1.78. The Bertz CT molecular complexity index is 331. The smallest absolute Gasteiger partial charge is 0.214 e. The molecule has 0 amide bonds. The number of ether oxygens (including phenoxy) is 1. The number of sulfonamides is 1. The highest BCUT2D eigenvalue weighted by Gasteiger charge is 2.42. The molecule has 2 rings (SSSR count). The zero-order chi connectivity index (χ0) is 11.6. The molecule has 1 aliphatic heterocycles. The highest BCUT2D eigenvalue weighted by atomic mass is 32.2. The summed E-state index contributed by atoms with van der Waals surface area (Å²) < 4.78 is 31.3. The van der Waals surface area contributed by atoms with Gasteiger partial charge in [-0.15, -0.1) is 0 Å². The fraction of sp³-hybridized carbons (Fsp3) is 1.00. The standard InChI is InChI=1S/C10H19NO4S/c12-8-10(3-4-10)7-11-16(13,14)6-9-2-1-5-15-9/h9,11-12H,1-8H2. The molecule has 94 valence electrons. The molecule has 6 heteroatoms. The Hall–Kier alpha value is -0.170. The van der Waals surface area contributed by atoms with Crippen LogP contribution in [0.4, 0.5) is 0 Å². The molecule has 2 N–H and O–H groups in total. The predicted molar refractivity (Wildman–Crippen MR) is 59.5 cm³/mol. The Morgan fingerprint density at radius 2 is 2.19 bits per heavy atom. The first-order chi connectivity index (χ1) is 7.55. The third-order valence-corrected chi connectivity index (χ3v) is 4.78. The van der Waals surface area contributed by atoms with E-state index < -0.39 is 10.0 Å². The second-order valence-electron chi connectivity index (χ2n) is 4.90. The quantitative estimate of drug-likeness (QED) is 0.687. The lowest BCUT2D eigenvalue weighted by Gasteiger charge is -2.15. The van der Waals surface area contributed by atoms with Gasteiger partial charge < -0.3 is 9.84 Å². The molecule has 1 atom stereocenters. The monoisotopic (exact) mass is 249 g/mol. The second kappa shape index (κ2) is 4.60. The van der Waals surface area contributed by atoms with Crippen molar-refractivity contribution >= 4 is 10.0 Å². The number of rotatable bonds is 6. The number of hydrogen-bond acceptors (Lipinski definition) is 4. The summed E-state index contributed by atoms with van der Waals surface area (Å²) in [6, 6.07) is 0. The number of aliphatic hydroxyl groups excluding tert-OH is 1. The summed E-state index contributed by atoms with van der Waals surface area (Å²) in [4.78, 5) is 0. The van der Waals surface area contributed by atoms with E-state index in [1.165, 1.54) is 0 Å². The van der Waals surface area contributed by atoms with Crippen LogP contribution in [-0.4, -0.2) is 45.1 Å². The number of hydrogen-bond donors (Lipinski definition) is 2. The highest BCUT2D eigenvalue weighted by Crippen LogP contribution is 2.44. The van der Waals surface area contributed by atoms with Crippen molar-refractivity contribution in [2.75, 3.05) is 25.5 Å². The average molecular weight is 249 g/mol. The lowest BCUT2D eigenvalue weighted by molar-refractivity contribution is 0.127. The molecule has 5 nitrogen and oxygen atoms in total. The van der Waals surface area contributed by atoms with Crippen LogP contribution in [0.1, 0.15) is 25.7 Å². The zero-order valence-corrected chi connectivity index (χ0v) is 10.1. The maximum absolute atomic E-state index is 11.7. The van der Waals surface area contributed by atoms with Crippen molar-refractivity contribution in [3.05, 3.63) is 0 Å². The van der Waals surface area contributed by atoms with Crippen LogP contribution in [0.5, 0.6) is 0 Å². The molecule has 0 aromatic carbocycles. The van der Waals surface area contributed by atoms with Gasteiger partial charge in [-0.2, -0.15) is 0 Å². The molecule has 1 saturated carbocycles. The summed E-state index contributed by atoms with van der Waals surface area (Å²) >= 11 is 0. The average Bonchev–Trinajstić information content (AvgIpc) is 2.87. The van der Waals surface area contributed by atoms with Crippen LogP contribution in [0, 0.1) is 5.41 Å². The van der Waals surface area contributed by atoms with Crippen LogP contribution < -0.4 is 4.72 Å². The van der Waals surface area contributed by atoms with Crippen LogP contribution in [0.25, 0.3) is 0 Å². The second-order valence-corrected chi connectivity index (χ2v) is 6.75. The summed E-state index contributed by atoms with van der Waals surface area (Å²) in [5, 5.41) is 9.08. The SMILES string of the molecule is O=S(=O)(CC1CCCO1)NCC1(CO)CC1. The number of aliphatic hydroxyl groups is 1. The van der Waals surface area contributed by atoms with E-state index in [9.17, 15) is 8.42 Å². The molecule has 0 bridgehead atoms. The van der Waals surface area contributed by atoms with Gasteiger partial charge in [0.05, 0.1) is 11.9 Å². The number of nitrogens with one attached hydrogen (secondary N) is 1. The normalized spacial score (nSPS) is 28.2. The molecular formula is C10H19NO4S. The van der Waals surface area contributed by atoms with Crippen molar-refractivity contribution in [2.24, 2.45) is 5.41 Å². The van der Waals surface area contributed by atoms with Gasteiger partial charge in [-0.05, 0) is 25.7 Å². The van der Waals surface area contributed by atoms with E-state index >= 15 is 0 Å². The van der Waals surface area contributed by atoms with Crippen LogP contribution in [-0.2, 0) is 14.8 Å². The van der Waals surface area contributed by atoms with Gasteiger partial charge in [0, 0.05) is 25.2 Å². The summed E-state index contributed by atoms with van der Waals surface area (Å²) in [6.45, 7) is 1.09. The van der Waals surface area contributed by atoms with Gasteiger partial charge in [0.15, 0.2) is 0 Å². The summed E-state index contributed by atoms with van der Waals surface area (Å²) in [5.74, 6) is 0.0501. The van der Waals surface area contributed by atoms with Crippen molar-refractivity contribution in [1.29, 1.82) is 0 Å². The van der Waals surface area contributed by atoms with Gasteiger partial charge in [-0.1, -0.05) is 0 Å². The molecule has 1 aliphatic carbocycles. The molecular weight excluding hydrogens is 230 g/mol. The summed E-state index contributed by atoms with van der Waals surface area (Å²) in [5.41, 5.74) is -0.177. The van der Waals surface area contributed by atoms with Crippen LogP contribution >= 0.6 is 0 Å². The Kier molecular flexibility index (Phi) is 3.53. The minimum absolute atomic E-state index is 0.0501. The molecule has 0 aromatic rings. The zero-order valence-electron chi connectivity index (χ0n) is 9.31. The molecule has 2 aliphatic rings. The first-order valence-corrected chi connectivity index (χ1v) is 7.40. The van der Waals surface area contributed by atoms with E-state index in [1.807, 2.05) is 0 Å². The van der Waals surface area contributed by atoms with Gasteiger partial charge in [-0.3, -0.25) is 0 Å². The third kappa shape index (κ3) is 3.16. The van der Waals surface area contributed by atoms with Crippen LogP contribution in [0.3, 0.4) is 0 Å². The van der Waals surface area contributed by atoms with Crippen molar-refractivity contribution in [2.45, 2.75) is 31.8 Å². The third-order valence-electron chi connectivity index (χ3n) is 3.39. The van der Waals surface area contributed by atoms with Crippen molar-refractivity contribution in [3.63, 3.8) is 0 Å². The molecule has 0 spiro atoms. The van der Waals surface area contributed by atoms with Gasteiger partial charge in [0.2, 0.25) is 10.0 Å². The maximum atomic E-state index is 11.7. The Morgan fingerprint density at radius 3 is 2.69 bits per heavy atom.